The Kier molecular flexibility index (Phi) is 4.73. The van der Waals surface area contributed by atoms with Crippen LogP contribution in [-0.4, -0.2) is 15.0 Å². The molecule has 0 unspecified atom stereocenters. The van der Waals surface area contributed by atoms with Gasteiger partial charge in [0.1, 0.15) is 4.90 Å². The van der Waals surface area contributed by atoms with Gasteiger partial charge in [0.2, 0.25) is 10.0 Å². The molecular formula is C11H15BrN2O2S. The van der Waals surface area contributed by atoms with E-state index in [2.05, 4.69) is 20.7 Å². The third kappa shape index (κ3) is 4.14. The van der Waals surface area contributed by atoms with Crippen molar-refractivity contribution in [3.05, 3.63) is 34.3 Å². The van der Waals surface area contributed by atoms with Crippen molar-refractivity contribution in [1.29, 1.82) is 0 Å². The van der Waals surface area contributed by atoms with Crippen molar-refractivity contribution in [2.24, 2.45) is 0 Å². The summed E-state index contributed by atoms with van der Waals surface area (Å²) in [5.74, 6) is 0. The maximum atomic E-state index is 11.9. The smallest absolute Gasteiger partial charge is 0.242 e. The summed E-state index contributed by atoms with van der Waals surface area (Å²) in [5, 5.41) is 0. The van der Waals surface area contributed by atoms with Gasteiger partial charge in [-0.15, -0.1) is 0 Å². The topological polar surface area (TPSA) is 72.2 Å². The number of allylic oxidation sites excluding steroid dienone is 1. The van der Waals surface area contributed by atoms with Crippen molar-refractivity contribution in [3.63, 3.8) is 0 Å². The van der Waals surface area contributed by atoms with Gasteiger partial charge in [-0.05, 0) is 32.0 Å². The number of hydrogen-bond donors (Lipinski definition) is 2. The van der Waals surface area contributed by atoms with Crippen molar-refractivity contribution in [2.75, 3.05) is 12.3 Å². The lowest BCUT2D eigenvalue weighted by Gasteiger charge is -2.08. The zero-order chi connectivity index (χ0) is 13.1. The SMILES string of the molecule is CC(C)=CCNS(=O)(=O)c1ccc(Br)cc1N. The number of benzene rings is 1. The zero-order valence-corrected chi connectivity index (χ0v) is 12.1. The average molecular weight is 319 g/mol. The number of nitrogen functional groups attached to an aromatic ring is 1. The first-order chi connectivity index (χ1) is 7.83. The Morgan fingerprint density at radius 1 is 1.47 bits per heavy atom. The summed E-state index contributed by atoms with van der Waals surface area (Å²) in [6, 6.07) is 4.69. The fourth-order valence-corrected chi connectivity index (χ4v) is 2.65. The van der Waals surface area contributed by atoms with E-state index in [1.165, 1.54) is 6.07 Å². The van der Waals surface area contributed by atoms with Crippen molar-refractivity contribution in [2.45, 2.75) is 18.7 Å². The third-order valence-electron chi connectivity index (χ3n) is 2.05. The Hall–Kier alpha value is -0.850. The number of hydrogen-bond acceptors (Lipinski definition) is 3. The Morgan fingerprint density at radius 3 is 2.65 bits per heavy atom. The molecule has 0 aromatic heterocycles. The number of halogens is 1. The van der Waals surface area contributed by atoms with Crippen LogP contribution in [0, 0.1) is 0 Å². The summed E-state index contributed by atoms with van der Waals surface area (Å²) in [7, 11) is -3.54. The van der Waals surface area contributed by atoms with Gasteiger partial charge in [-0.2, -0.15) is 0 Å². The molecule has 0 atom stereocenters. The minimum absolute atomic E-state index is 0.0999. The lowest BCUT2D eigenvalue weighted by molar-refractivity contribution is 0.586. The molecule has 0 aliphatic heterocycles. The molecule has 0 heterocycles. The average Bonchev–Trinajstić information content (AvgIpc) is 2.15. The molecule has 94 valence electrons. The molecule has 17 heavy (non-hydrogen) atoms. The highest BCUT2D eigenvalue weighted by molar-refractivity contribution is 9.10. The van der Waals surface area contributed by atoms with Gasteiger partial charge < -0.3 is 5.73 Å². The van der Waals surface area contributed by atoms with E-state index < -0.39 is 10.0 Å². The summed E-state index contributed by atoms with van der Waals surface area (Å²) < 4.78 is 27.0. The molecule has 1 rings (SSSR count). The van der Waals surface area contributed by atoms with E-state index in [0.29, 0.717) is 0 Å². The van der Waals surface area contributed by atoms with Crippen LogP contribution in [0.15, 0.2) is 39.2 Å². The number of nitrogens with two attached hydrogens (primary N) is 1. The summed E-state index contributed by atoms with van der Waals surface area (Å²) >= 11 is 3.23. The van der Waals surface area contributed by atoms with Crippen LogP contribution in [0.5, 0.6) is 0 Å². The molecule has 0 bridgehead atoms. The van der Waals surface area contributed by atoms with E-state index in [4.69, 9.17) is 5.73 Å². The van der Waals surface area contributed by atoms with Crippen LogP contribution >= 0.6 is 15.9 Å². The lowest BCUT2D eigenvalue weighted by Crippen LogP contribution is -2.24. The third-order valence-corrected chi connectivity index (χ3v) is 4.04. The minimum Gasteiger partial charge on any atom is -0.398 e. The van der Waals surface area contributed by atoms with Crippen LogP contribution in [0.2, 0.25) is 0 Å². The molecule has 0 saturated carbocycles. The standard InChI is InChI=1S/C11H15BrN2O2S/c1-8(2)5-6-14-17(15,16)11-4-3-9(12)7-10(11)13/h3-5,7,14H,6,13H2,1-2H3. The quantitative estimate of drug-likeness (QED) is 0.660. The number of rotatable bonds is 4. The van der Waals surface area contributed by atoms with E-state index >= 15 is 0 Å². The Morgan fingerprint density at radius 2 is 2.12 bits per heavy atom. The fraction of sp³-hybridized carbons (Fsp3) is 0.273. The summed E-state index contributed by atoms with van der Waals surface area (Å²) in [6.45, 7) is 4.07. The molecule has 0 fully saturated rings. The highest BCUT2D eigenvalue weighted by atomic mass is 79.9. The molecule has 0 radical (unpaired) electrons. The second kappa shape index (κ2) is 5.66. The maximum Gasteiger partial charge on any atom is 0.242 e. The predicted molar refractivity (Wildman–Crippen MR) is 73.2 cm³/mol. The van der Waals surface area contributed by atoms with Gasteiger partial charge in [-0.1, -0.05) is 27.6 Å². The van der Waals surface area contributed by atoms with Crippen LogP contribution < -0.4 is 10.5 Å². The fourth-order valence-electron chi connectivity index (χ4n) is 1.20. The van der Waals surface area contributed by atoms with Crippen LogP contribution in [0.1, 0.15) is 13.8 Å². The summed E-state index contributed by atoms with van der Waals surface area (Å²) in [6.07, 6.45) is 1.80. The molecule has 3 N–H and O–H groups in total. The first-order valence-electron chi connectivity index (χ1n) is 5.01. The molecule has 0 spiro atoms. The van der Waals surface area contributed by atoms with Crippen molar-refractivity contribution >= 4 is 31.6 Å². The highest BCUT2D eigenvalue weighted by Crippen LogP contribution is 2.22. The normalized spacial score (nSPS) is 11.2. The molecule has 0 amide bonds. The number of sulfonamides is 1. The number of nitrogens with one attached hydrogen (secondary N) is 1. The zero-order valence-electron chi connectivity index (χ0n) is 9.70. The van der Waals surface area contributed by atoms with E-state index in [1.807, 2.05) is 13.8 Å². The highest BCUT2D eigenvalue weighted by Gasteiger charge is 2.16. The molecule has 0 aliphatic rings. The van der Waals surface area contributed by atoms with E-state index in [9.17, 15) is 8.42 Å². The molecule has 6 heteroatoms. The monoisotopic (exact) mass is 318 g/mol. The predicted octanol–water partition coefficient (Wildman–Crippen LogP) is 2.28. The van der Waals surface area contributed by atoms with Gasteiger partial charge in [0.25, 0.3) is 0 Å². The first-order valence-corrected chi connectivity index (χ1v) is 7.28. The van der Waals surface area contributed by atoms with Gasteiger partial charge in [-0.25, -0.2) is 13.1 Å². The molecule has 1 aromatic carbocycles. The Labute approximate surface area is 110 Å². The van der Waals surface area contributed by atoms with Crippen molar-refractivity contribution < 1.29 is 8.42 Å². The lowest BCUT2D eigenvalue weighted by atomic mass is 10.3. The van der Waals surface area contributed by atoms with Crippen LogP contribution in [0.25, 0.3) is 0 Å². The Balaban J connectivity index is 2.94. The van der Waals surface area contributed by atoms with Crippen LogP contribution in [0.4, 0.5) is 5.69 Å². The van der Waals surface area contributed by atoms with E-state index in [0.717, 1.165) is 10.0 Å². The summed E-state index contributed by atoms with van der Waals surface area (Å²) in [4.78, 5) is 0.0999. The minimum atomic E-state index is -3.54. The van der Waals surface area contributed by atoms with Gasteiger partial charge in [0, 0.05) is 11.0 Å². The molecule has 4 nitrogen and oxygen atoms in total. The molecule has 0 saturated heterocycles. The second-order valence-corrected chi connectivity index (χ2v) is 6.47. The summed E-state index contributed by atoms with van der Waals surface area (Å²) in [5.41, 5.74) is 6.95. The van der Waals surface area contributed by atoms with Gasteiger partial charge >= 0.3 is 0 Å². The van der Waals surface area contributed by atoms with E-state index in [-0.39, 0.29) is 17.1 Å². The van der Waals surface area contributed by atoms with E-state index in [1.54, 1.807) is 18.2 Å². The van der Waals surface area contributed by atoms with Crippen molar-refractivity contribution in [1.82, 2.24) is 4.72 Å². The van der Waals surface area contributed by atoms with Gasteiger partial charge in [-0.3, -0.25) is 0 Å². The Bertz CT molecular complexity index is 534. The van der Waals surface area contributed by atoms with Crippen LogP contribution in [-0.2, 0) is 10.0 Å². The first kappa shape index (κ1) is 14.2. The second-order valence-electron chi connectivity index (χ2n) is 3.82. The maximum absolute atomic E-state index is 11.9. The molecular weight excluding hydrogens is 304 g/mol. The van der Waals surface area contributed by atoms with Crippen LogP contribution in [0.3, 0.4) is 0 Å². The molecule has 1 aromatic rings. The van der Waals surface area contributed by atoms with Gasteiger partial charge in [0.05, 0.1) is 5.69 Å². The largest absolute Gasteiger partial charge is 0.398 e. The molecule has 0 aliphatic carbocycles. The van der Waals surface area contributed by atoms with Crippen molar-refractivity contribution in [3.8, 4) is 0 Å². The number of anilines is 1. The van der Waals surface area contributed by atoms with Gasteiger partial charge in [0.15, 0.2) is 0 Å².